The van der Waals surface area contributed by atoms with Gasteiger partial charge in [-0.25, -0.2) is 14.6 Å². The van der Waals surface area contributed by atoms with E-state index < -0.39 is 0 Å². The topological polar surface area (TPSA) is 131 Å². The fourth-order valence-electron chi connectivity index (χ4n) is 3.31. The molecule has 0 atom stereocenters. The van der Waals surface area contributed by atoms with Crippen molar-refractivity contribution < 1.29 is 4.79 Å². The van der Waals surface area contributed by atoms with Gasteiger partial charge in [-0.3, -0.25) is 9.59 Å². The lowest BCUT2D eigenvalue weighted by Gasteiger charge is -2.14. The summed E-state index contributed by atoms with van der Waals surface area (Å²) in [7, 11) is 0. The fraction of sp³-hybridized carbons (Fsp3) is 0.333. The molecule has 0 saturated heterocycles. The molecule has 3 aromatic heterocycles. The first-order valence-electron chi connectivity index (χ1n) is 9.69. The number of rotatable bonds is 7. The third-order valence-electron chi connectivity index (χ3n) is 5.16. The molecular weight excluding hydrogens is 382 g/mol. The summed E-state index contributed by atoms with van der Waals surface area (Å²) >= 11 is 0. The minimum absolute atomic E-state index is 0.00321. The van der Waals surface area contributed by atoms with Gasteiger partial charge in [0.1, 0.15) is 5.82 Å². The van der Waals surface area contributed by atoms with Crippen molar-refractivity contribution in [2.75, 3.05) is 11.2 Å². The van der Waals surface area contributed by atoms with Gasteiger partial charge < -0.3 is 21.5 Å². The lowest BCUT2D eigenvalue weighted by atomic mass is 10.1. The zero-order chi connectivity index (χ0) is 21.8. The Morgan fingerprint density at radius 3 is 2.57 bits per heavy atom. The second-order valence-corrected chi connectivity index (χ2v) is 7.34. The highest BCUT2D eigenvalue weighted by atomic mass is 16.2. The molecule has 3 rings (SSSR count). The number of H-pyrrole nitrogens is 1. The van der Waals surface area contributed by atoms with Gasteiger partial charge in [-0.15, -0.1) is 0 Å². The maximum atomic E-state index is 12.9. The van der Waals surface area contributed by atoms with Gasteiger partial charge >= 0.3 is 0 Å². The van der Waals surface area contributed by atoms with Crippen molar-refractivity contribution in [2.24, 2.45) is 0 Å². The Hall–Kier alpha value is -3.62. The molecule has 0 spiro atoms. The number of amides is 1. The molecule has 158 valence electrons. The number of aromatic nitrogens is 4. The number of nitrogen functional groups attached to an aromatic ring is 1. The summed E-state index contributed by atoms with van der Waals surface area (Å²) < 4.78 is 1.40. The standard InChI is InChI=1S/C21H27N7O2/c1-12-5-6-28(26-10-18-15(4)24-11-25-18)21(30)16(12)8-20(29)23-9-17-13(2)7-19(22)27-14(17)3/h5-7,11,26H,8-10H2,1-4H3,(H2,22,27)(H,23,29)(H,24,25). The molecule has 0 fully saturated rings. The van der Waals surface area contributed by atoms with Gasteiger partial charge in [0, 0.05) is 24.0 Å². The van der Waals surface area contributed by atoms with Crippen LogP contribution >= 0.6 is 0 Å². The fourth-order valence-corrected chi connectivity index (χ4v) is 3.31. The number of nitrogens with one attached hydrogen (secondary N) is 3. The molecule has 0 bridgehead atoms. The van der Waals surface area contributed by atoms with Crippen LogP contribution in [0.1, 0.15) is 39.3 Å². The third-order valence-corrected chi connectivity index (χ3v) is 5.16. The van der Waals surface area contributed by atoms with Crippen molar-refractivity contribution in [1.29, 1.82) is 0 Å². The zero-order valence-corrected chi connectivity index (χ0v) is 17.7. The second-order valence-electron chi connectivity index (χ2n) is 7.34. The maximum absolute atomic E-state index is 12.9. The second kappa shape index (κ2) is 8.81. The van der Waals surface area contributed by atoms with Crippen molar-refractivity contribution in [1.82, 2.24) is 24.9 Å². The Kier molecular flexibility index (Phi) is 6.20. The van der Waals surface area contributed by atoms with Crippen molar-refractivity contribution in [2.45, 2.75) is 47.2 Å². The number of nitrogens with two attached hydrogens (primary N) is 1. The summed E-state index contributed by atoms with van der Waals surface area (Å²) in [6.45, 7) is 8.26. The van der Waals surface area contributed by atoms with Crippen molar-refractivity contribution >= 4 is 11.7 Å². The number of aryl methyl sites for hydroxylation is 4. The van der Waals surface area contributed by atoms with Crippen molar-refractivity contribution in [3.8, 4) is 0 Å². The molecule has 5 N–H and O–H groups in total. The first-order valence-corrected chi connectivity index (χ1v) is 9.69. The van der Waals surface area contributed by atoms with Gasteiger partial charge in [-0.05, 0) is 56.5 Å². The minimum Gasteiger partial charge on any atom is -0.384 e. The highest BCUT2D eigenvalue weighted by molar-refractivity contribution is 5.78. The molecule has 0 radical (unpaired) electrons. The van der Waals surface area contributed by atoms with E-state index in [1.54, 1.807) is 18.6 Å². The molecule has 0 aromatic carbocycles. The molecule has 0 aliphatic rings. The van der Waals surface area contributed by atoms with Gasteiger partial charge in [-0.2, -0.15) is 0 Å². The molecule has 9 heteroatoms. The molecule has 3 heterocycles. The lowest BCUT2D eigenvalue weighted by Crippen LogP contribution is -2.34. The van der Waals surface area contributed by atoms with Crippen LogP contribution in [0.5, 0.6) is 0 Å². The molecular formula is C21H27N7O2. The molecule has 1 amide bonds. The van der Waals surface area contributed by atoms with Crippen LogP contribution in [0.2, 0.25) is 0 Å². The Bertz CT molecular complexity index is 1110. The van der Waals surface area contributed by atoms with Gasteiger partial charge in [-0.1, -0.05) is 0 Å². The molecule has 30 heavy (non-hydrogen) atoms. The van der Waals surface area contributed by atoms with Gasteiger partial charge in [0.2, 0.25) is 5.91 Å². The summed E-state index contributed by atoms with van der Waals surface area (Å²) in [5.74, 6) is 0.228. The molecule has 0 aliphatic carbocycles. The number of nitrogens with zero attached hydrogens (tertiary/aromatic N) is 3. The zero-order valence-electron chi connectivity index (χ0n) is 17.7. The lowest BCUT2D eigenvalue weighted by molar-refractivity contribution is -0.120. The van der Waals surface area contributed by atoms with E-state index in [4.69, 9.17) is 5.73 Å². The van der Waals surface area contributed by atoms with E-state index in [9.17, 15) is 9.59 Å². The van der Waals surface area contributed by atoms with E-state index in [1.807, 2.05) is 33.8 Å². The summed E-state index contributed by atoms with van der Waals surface area (Å²) in [4.78, 5) is 36.8. The normalized spacial score (nSPS) is 10.8. The van der Waals surface area contributed by atoms with E-state index in [0.717, 1.165) is 33.8 Å². The Labute approximate surface area is 174 Å². The monoisotopic (exact) mass is 409 g/mol. The quantitative estimate of drug-likeness (QED) is 0.466. The van der Waals surface area contributed by atoms with Gasteiger partial charge in [0.15, 0.2) is 0 Å². The van der Waals surface area contributed by atoms with E-state index in [1.165, 1.54) is 4.68 Å². The largest absolute Gasteiger partial charge is 0.384 e. The van der Waals surface area contributed by atoms with Crippen LogP contribution in [-0.4, -0.2) is 25.5 Å². The van der Waals surface area contributed by atoms with Crippen LogP contribution in [0, 0.1) is 27.7 Å². The summed E-state index contributed by atoms with van der Waals surface area (Å²) in [6, 6.07) is 3.59. The minimum atomic E-state index is -0.246. The highest BCUT2D eigenvalue weighted by Gasteiger charge is 2.14. The Morgan fingerprint density at radius 2 is 1.90 bits per heavy atom. The highest BCUT2D eigenvalue weighted by Crippen LogP contribution is 2.14. The average Bonchev–Trinajstić information content (AvgIpc) is 3.08. The predicted molar refractivity (Wildman–Crippen MR) is 116 cm³/mol. The Morgan fingerprint density at radius 1 is 1.13 bits per heavy atom. The van der Waals surface area contributed by atoms with E-state index in [-0.39, 0.29) is 17.9 Å². The first-order chi connectivity index (χ1) is 14.3. The number of imidazole rings is 1. The van der Waals surface area contributed by atoms with Crippen molar-refractivity contribution in [3.63, 3.8) is 0 Å². The number of hydrogen-bond donors (Lipinski definition) is 4. The number of aromatic amines is 1. The van der Waals surface area contributed by atoms with E-state index in [0.29, 0.717) is 24.5 Å². The Balaban J connectivity index is 1.69. The molecule has 9 nitrogen and oxygen atoms in total. The van der Waals surface area contributed by atoms with E-state index >= 15 is 0 Å². The van der Waals surface area contributed by atoms with Crippen LogP contribution in [0.4, 0.5) is 5.82 Å². The average molecular weight is 409 g/mol. The molecule has 0 unspecified atom stereocenters. The molecule has 0 aliphatic heterocycles. The van der Waals surface area contributed by atoms with Crippen molar-refractivity contribution in [3.05, 3.63) is 74.3 Å². The number of carbonyl (C=O) groups is 1. The van der Waals surface area contributed by atoms with Crippen LogP contribution in [0.15, 0.2) is 29.5 Å². The predicted octanol–water partition coefficient (Wildman–Crippen LogP) is 1.38. The number of anilines is 1. The summed E-state index contributed by atoms with van der Waals surface area (Å²) in [5.41, 5.74) is 14.2. The van der Waals surface area contributed by atoms with Crippen LogP contribution < -0.4 is 22.0 Å². The SMILES string of the molecule is Cc1cc(N)nc(C)c1CNC(=O)Cc1c(C)ccn(NCc2[nH]cnc2C)c1=O. The maximum Gasteiger partial charge on any atom is 0.272 e. The van der Waals surface area contributed by atoms with Crippen LogP contribution in [-0.2, 0) is 24.3 Å². The smallest absolute Gasteiger partial charge is 0.272 e. The molecule has 0 saturated carbocycles. The van der Waals surface area contributed by atoms with E-state index in [2.05, 4.69) is 25.7 Å². The number of pyridine rings is 2. The first kappa shape index (κ1) is 21.1. The summed E-state index contributed by atoms with van der Waals surface area (Å²) in [6.07, 6.45) is 3.27. The van der Waals surface area contributed by atoms with Crippen LogP contribution in [0.25, 0.3) is 0 Å². The van der Waals surface area contributed by atoms with Gasteiger partial charge in [0.05, 0.1) is 30.7 Å². The molecule has 3 aromatic rings. The summed E-state index contributed by atoms with van der Waals surface area (Å²) in [5, 5.41) is 2.88. The number of carbonyl (C=O) groups excluding carboxylic acids is 1. The van der Waals surface area contributed by atoms with Crippen LogP contribution in [0.3, 0.4) is 0 Å². The number of hydrogen-bond acceptors (Lipinski definition) is 6. The third kappa shape index (κ3) is 4.68. The van der Waals surface area contributed by atoms with Gasteiger partial charge in [0.25, 0.3) is 5.56 Å².